The van der Waals surface area contributed by atoms with Crippen molar-refractivity contribution < 1.29 is 0 Å². The number of hydrogen-bond donors (Lipinski definition) is 2. The zero-order valence-electron chi connectivity index (χ0n) is 10.2. The Morgan fingerprint density at radius 3 is 2.94 bits per heavy atom. The van der Waals surface area contributed by atoms with E-state index in [1.165, 1.54) is 12.8 Å². The maximum atomic E-state index is 5.87. The van der Waals surface area contributed by atoms with Gasteiger partial charge in [0.15, 0.2) is 0 Å². The van der Waals surface area contributed by atoms with Gasteiger partial charge in [0.05, 0.1) is 0 Å². The number of anilines is 2. The molecule has 3 N–H and O–H groups in total. The van der Waals surface area contributed by atoms with Gasteiger partial charge >= 0.3 is 0 Å². The van der Waals surface area contributed by atoms with Gasteiger partial charge in [-0.2, -0.15) is 0 Å². The maximum absolute atomic E-state index is 5.87. The van der Waals surface area contributed by atoms with Crippen LogP contribution in [0.1, 0.15) is 31.5 Å². The molecule has 2 fully saturated rings. The van der Waals surface area contributed by atoms with Gasteiger partial charge < -0.3 is 16.0 Å². The molecule has 0 unspecified atom stereocenters. The van der Waals surface area contributed by atoms with Gasteiger partial charge in [0.25, 0.3) is 0 Å². The van der Waals surface area contributed by atoms with E-state index in [9.17, 15) is 0 Å². The zero-order chi connectivity index (χ0) is 11.8. The second-order valence-corrected chi connectivity index (χ2v) is 5.08. The van der Waals surface area contributed by atoms with E-state index in [-0.39, 0.29) is 0 Å². The highest BCUT2D eigenvalue weighted by molar-refractivity contribution is 5.48. The van der Waals surface area contributed by atoms with E-state index in [4.69, 9.17) is 5.73 Å². The maximum Gasteiger partial charge on any atom is 0.136 e. The van der Waals surface area contributed by atoms with Crippen LogP contribution in [0.15, 0.2) is 6.07 Å². The average molecular weight is 233 g/mol. The molecule has 1 atom stereocenters. The molecule has 92 valence electrons. The molecule has 3 rings (SSSR count). The number of rotatable bonds is 2. The molecule has 1 aromatic heterocycles. The molecule has 1 aliphatic heterocycles. The summed E-state index contributed by atoms with van der Waals surface area (Å²) in [6.07, 6.45) is 2.42. The van der Waals surface area contributed by atoms with Gasteiger partial charge in [-0.05, 0) is 19.8 Å². The van der Waals surface area contributed by atoms with E-state index in [1.54, 1.807) is 0 Å². The first kappa shape index (κ1) is 10.8. The van der Waals surface area contributed by atoms with Crippen LogP contribution in [0.2, 0.25) is 0 Å². The van der Waals surface area contributed by atoms with Crippen LogP contribution in [-0.2, 0) is 0 Å². The molecule has 2 aliphatic rings. The van der Waals surface area contributed by atoms with Crippen molar-refractivity contribution in [1.82, 2.24) is 15.3 Å². The highest BCUT2D eigenvalue weighted by atomic mass is 15.2. The SMILES string of the molecule is C[C@H]1CN(c2cc(N)nc(C3CC3)n2)CCN1. The molecule has 0 spiro atoms. The molecule has 5 heteroatoms. The number of nitrogen functional groups attached to an aromatic ring is 1. The number of piperazine rings is 1. The number of nitrogens with one attached hydrogen (secondary N) is 1. The summed E-state index contributed by atoms with van der Waals surface area (Å²) in [5, 5.41) is 3.43. The van der Waals surface area contributed by atoms with Gasteiger partial charge in [0.2, 0.25) is 0 Å². The molecule has 0 aromatic carbocycles. The highest BCUT2D eigenvalue weighted by Crippen LogP contribution is 2.38. The largest absolute Gasteiger partial charge is 0.384 e. The first-order chi connectivity index (χ1) is 8.22. The fourth-order valence-electron chi connectivity index (χ4n) is 2.30. The summed E-state index contributed by atoms with van der Waals surface area (Å²) >= 11 is 0. The van der Waals surface area contributed by atoms with Crippen LogP contribution in [0.5, 0.6) is 0 Å². The van der Waals surface area contributed by atoms with E-state index >= 15 is 0 Å². The van der Waals surface area contributed by atoms with Gasteiger partial charge in [0.1, 0.15) is 17.5 Å². The lowest BCUT2D eigenvalue weighted by Crippen LogP contribution is -2.49. The third kappa shape index (κ3) is 2.34. The minimum atomic E-state index is 0.504. The van der Waals surface area contributed by atoms with Crippen molar-refractivity contribution in [2.45, 2.75) is 31.7 Å². The molecule has 17 heavy (non-hydrogen) atoms. The molecule has 0 amide bonds. The summed E-state index contributed by atoms with van der Waals surface area (Å²) in [7, 11) is 0. The Kier molecular flexibility index (Phi) is 2.63. The number of aromatic nitrogens is 2. The Labute approximate surface area is 101 Å². The Balaban J connectivity index is 1.85. The summed E-state index contributed by atoms with van der Waals surface area (Å²) < 4.78 is 0. The quantitative estimate of drug-likeness (QED) is 0.788. The first-order valence-corrected chi connectivity index (χ1v) is 6.35. The Bertz CT molecular complexity index is 415. The Hall–Kier alpha value is -1.36. The standard InChI is InChI=1S/C12H19N5/c1-8-7-17(5-4-14-8)11-6-10(13)15-12(16-11)9-2-3-9/h6,8-9,14H,2-5,7H2,1H3,(H2,13,15,16)/t8-/m0/s1. The second-order valence-electron chi connectivity index (χ2n) is 5.08. The topological polar surface area (TPSA) is 67.1 Å². The summed E-state index contributed by atoms with van der Waals surface area (Å²) in [4.78, 5) is 11.3. The number of nitrogens with two attached hydrogens (primary N) is 1. The fourth-order valence-corrected chi connectivity index (χ4v) is 2.30. The molecule has 1 aliphatic carbocycles. The summed E-state index contributed by atoms with van der Waals surface area (Å²) in [6, 6.07) is 2.40. The minimum Gasteiger partial charge on any atom is -0.384 e. The van der Waals surface area contributed by atoms with Crippen molar-refractivity contribution in [3.63, 3.8) is 0 Å². The van der Waals surface area contributed by atoms with Crippen molar-refractivity contribution >= 4 is 11.6 Å². The third-order valence-electron chi connectivity index (χ3n) is 3.38. The van der Waals surface area contributed by atoms with Crippen LogP contribution in [0, 0.1) is 0 Å². The van der Waals surface area contributed by atoms with Gasteiger partial charge in [-0.15, -0.1) is 0 Å². The lowest BCUT2D eigenvalue weighted by atomic mass is 10.2. The van der Waals surface area contributed by atoms with Crippen LogP contribution >= 0.6 is 0 Å². The van der Waals surface area contributed by atoms with Gasteiger partial charge in [-0.1, -0.05) is 0 Å². The van der Waals surface area contributed by atoms with E-state index in [2.05, 4.69) is 27.1 Å². The van der Waals surface area contributed by atoms with Crippen molar-refractivity contribution in [3.05, 3.63) is 11.9 Å². The van der Waals surface area contributed by atoms with Gasteiger partial charge in [-0.25, -0.2) is 9.97 Å². The highest BCUT2D eigenvalue weighted by Gasteiger charge is 2.28. The third-order valence-corrected chi connectivity index (χ3v) is 3.38. The molecule has 1 aromatic rings. The van der Waals surface area contributed by atoms with E-state index in [0.29, 0.717) is 17.8 Å². The Morgan fingerprint density at radius 1 is 1.41 bits per heavy atom. The predicted octanol–water partition coefficient (Wildman–Crippen LogP) is 0.734. The summed E-state index contributed by atoms with van der Waals surface area (Å²) in [5.74, 6) is 3.08. The van der Waals surface area contributed by atoms with Crippen molar-refractivity contribution in [2.75, 3.05) is 30.3 Å². The lowest BCUT2D eigenvalue weighted by Gasteiger charge is -2.32. The molecule has 2 heterocycles. The monoisotopic (exact) mass is 233 g/mol. The van der Waals surface area contributed by atoms with Crippen LogP contribution in [0.4, 0.5) is 11.6 Å². The molecule has 5 nitrogen and oxygen atoms in total. The van der Waals surface area contributed by atoms with Crippen LogP contribution in [0.3, 0.4) is 0 Å². The van der Waals surface area contributed by atoms with Crippen molar-refractivity contribution in [3.8, 4) is 0 Å². The summed E-state index contributed by atoms with van der Waals surface area (Å²) in [5.41, 5.74) is 5.87. The fraction of sp³-hybridized carbons (Fsp3) is 0.667. The van der Waals surface area contributed by atoms with E-state index in [1.807, 2.05) is 6.07 Å². The molecule has 0 radical (unpaired) electrons. The predicted molar refractivity (Wildman–Crippen MR) is 68.1 cm³/mol. The van der Waals surface area contributed by atoms with E-state index < -0.39 is 0 Å². The minimum absolute atomic E-state index is 0.504. The molecule has 0 bridgehead atoms. The smallest absolute Gasteiger partial charge is 0.136 e. The Morgan fingerprint density at radius 2 is 2.24 bits per heavy atom. The molecule has 1 saturated carbocycles. The van der Waals surface area contributed by atoms with Gasteiger partial charge in [0, 0.05) is 37.7 Å². The second kappa shape index (κ2) is 4.14. The van der Waals surface area contributed by atoms with E-state index in [0.717, 1.165) is 31.3 Å². The zero-order valence-corrected chi connectivity index (χ0v) is 10.2. The first-order valence-electron chi connectivity index (χ1n) is 6.35. The van der Waals surface area contributed by atoms with Crippen molar-refractivity contribution in [2.24, 2.45) is 0 Å². The molecular weight excluding hydrogens is 214 g/mol. The van der Waals surface area contributed by atoms with Crippen LogP contribution in [0.25, 0.3) is 0 Å². The van der Waals surface area contributed by atoms with Crippen LogP contribution in [-0.4, -0.2) is 35.6 Å². The normalized spacial score (nSPS) is 25.0. The van der Waals surface area contributed by atoms with Gasteiger partial charge in [-0.3, -0.25) is 0 Å². The molecule has 1 saturated heterocycles. The molecular formula is C12H19N5. The van der Waals surface area contributed by atoms with Crippen molar-refractivity contribution in [1.29, 1.82) is 0 Å². The lowest BCUT2D eigenvalue weighted by molar-refractivity contribution is 0.482. The summed E-state index contributed by atoms with van der Waals surface area (Å²) in [6.45, 7) is 5.17. The average Bonchev–Trinajstić information content (AvgIpc) is 3.12. The number of hydrogen-bond acceptors (Lipinski definition) is 5. The van der Waals surface area contributed by atoms with Crippen LogP contribution < -0.4 is 16.0 Å². The number of nitrogens with zero attached hydrogens (tertiary/aromatic N) is 3.